The highest BCUT2D eigenvalue weighted by Gasteiger charge is 2.22. The lowest BCUT2D eigenvalue weighted by atomic mass is 10.2. The molecule has 6 nitrogen and oxygen atoms in total. The number of nitrogens with zero attached hydrogens (tertiary/aromatic N) is 3. The quantitative estimate of drug-likeness (QED) is 0.406. The SMILES string of the molecule is Cc1cccc(Oc2nc(C)ccc2/C(=N/O)N2CCOCC2)c1. The van der Waals surface area contributed by atoms with Crippen molar-refractivity contribution in [3.05, 3.63) is 53.2 Å². The number of morpholine rings is 1. The summed E-state index contributed by atoms with van der Waals surface area (Å²) in [5, 5.41) is 13.1. The van der Waals surface area contributed by atoms with E-state index in [1.165, 1.54) is 0 Å². The number of benzene rings is 1. The van der Waals surface area contributed by atoms with Crippen molar-refractivity contribution in [1.29, 1.82) is 0 Å². The zero-order valence-corrected chi connectivity index (χ0v) is 13.9. The number of hydrogen-bond acceptors (Lipinski definition) is 5. The molecular weight excluding hydrogens is 306 g/mol. The normalized spacial score (nSPS) is 15.4. The first-order chi connectivity index (χ1) is 11.7. The number of pyridine rings is 1. The van der Waals surface area contributed by atoms with Crippen LogP contribution in [-0.4, -0.2) is 47.2 Å². The number of hydrogen-bond donors (Lipinski definition) is 1. The van der Waals surface area contributed by atoms with E-state index < -0.39 is 0 Å². The highest BCUT2D eigenvalue weighted by Crippen LogP contribution is 2.26. The second-order valence-corrected chi connectivity index (χ2v) is 5.75. The Kier molecular flexibility index (Phi) is 4.96. The van der Waals surface area contributed by atoms with Gasteiger partial charge in [0.15, 0.2) is 5.84 Å². The molecule has 2 heterocycles. The van der Waals surface area contributed by atoms with Gasteiger partial charge < -0.3 is 19.6 Å². The van der Waals surface area contributed by atoms with Gasteiger partial charge in [-0.3, -0.25) is 0 Å². The largest absolute Gasteiger partial charge is 0.438 e. The predicted octanol–water partition coefficient (Wildman–Crippen LogP) is 2.96. The molecule has 24 heavy (non-hydrogen) atoms. The molecule has 2 aromatic rings. The summed E-state index contributed by atoms with van der Waals surface area (Å²) in [6, 6.07) is 11.5. The fourth-order valence-corrected chi connectivity index (χ4v) is 2.63. The molecule has 1 saturated heterocycles. The molecule has 3 rings (SSSR count). The summed E-state index contributed by atoms with van der Waals surface area (Å²) in [6.45, 7) is 6.44. The molecule has 0 bridgehead atoms. The molecule has 1 aliphatic heterocycles. The van der Waals surface area contributed by atoms with Crippen LogP contribution in [-0.2, 0) is 4.74 Å². The fourth-order valence-electron chi connectivity index (χ4n) is 2.63. The lowest BCUT2D eigenvalue weighted by molar-refractivity contribution is 0.0667. The molecule has 0 amide bonds. The van der Waals surface area contributed by atoms with Gasteiger partial charge in [0, 0.05) is 18.8 Å². The van der Waals surface area contributed by atoms with Crippen molar-refractivity contribution >= 4 is 5.84 Å². The number of aromatic nitrogens is 1. The molecule has 1 aliphatic rings. The smallest absolute Gasteiger partial charge is 0.230 e. The first-order valence-corrected chi connectivity index (χ1v) is 7.94. The molecule has 1 aromatic heterocycles. The van der Waals surface area contributed by atoms with E-state index in [2.05, 4.69) is 10.1 Å². The summed E-state index contributed by atoms with van der Waals surface area (Å²) in [7, 11) is 0. The van der Waals surface area contributed by atoms with Gasteiger partial charge in [0.2, 0.25) is 5.88 Å². The second kappa shape index (κ2) is 7.31. The third-order valence-electron chi connectivity index (χ3n) is 3.85. The number of amidine groups is 1. The predicted molar refractivity (Wildman–Crippen MR) is 90.9 cm³/mol. The van der Waals surface area contributed by atoms with Crippen molar-refractivity contribution in [3.8, 4) is 11.6 Å². The third kappa shape index (κ3) is 3.65. The summed E-state index contributed by atoms with van der Waals surface area (Å²) >= 11 is 0. The van der Waals surface area contributed by atoms with E-state index in [9.17, 15) is 5.21 Å². The molecule has 1 fully saturated rings. The highest BCUT2D eigenvalue weighted by atomic mass is 16.5. The molecule has 0 spiro atoms. The van der Waals surface area contributed by atoms with Crippen LogP contribution in [0.1, 0.15) is 16.8 Å². The van der Waals surface area contributed by atoms with Crippen LogP contribution in [0, 0.1) is 13.8 Å². The average Bonchev–Trinajstić information content (AvgIpc) is 2.58. The average molecular weight is 327 g/mol. The van der Waals surface area contributed by atoms with Gasteiger partial charge in [0.05, 0.1) is 18.8 Å². The Bertz CT molecular complexity index is 740. The molecule has 0 radical (unpaired) electrons. The van der Waals surface area contributed by atoms with E-state index in [1.807, 2.05) is 55.1 Å². The second-order valence-electron chi connectivity index (χ2n) is 5.75. The van der Waals surface area contributed by atoms with Crippen LogP contribution in [0.3, 0.4) is 0 Å². The van der Waals surface area contributed by atoms with Gasteiger partial charge in [-0.15, -0.1) is 0 Å². The highest BCUT2D eigenvalue weighted by molar-refractivity contribution is 6.00. The van der Waals surface area contributed by atoms with Gasteiger partial charge in [-0.05, 0) is 43.7 Å². The van der Waals surface area contributed by atoms with Crippen molar-refractivity contribution in [3.63, 3.8) is 0 Å². The maximum absolute atomic E-state index is 9.56. The monoisotopic (exact) mass is 327 g/mol. The van der Waals surface area contributed by atoms with Crippen LogP contribution in [0.25, 0.3) is 0 Å². The Hall–Kier alpha value is -2.60. The number of oxime groups is 1. The van der Waals surface area contributed by atoms with Crippen molar-refractivity contribution in [1.82, 2.24) is 9.88 Å². The zero-order chi connectivity index (χ0) is 16.9. The standard InChI is InChI=1S/C18H21N3O3/c1-13-4-3-5-15(12-13)24-18-16(7-6-14(2)19-18)17(20-22)21-8-10-23-11-9-21/h3-7,12,22H,8-11H2,1-2H3/b20-17-. The first-order valence-electron chi connectivity index (χ1n) is 7.94. The van der Waals surface area contributed by atoms with Crippen LogP contribution in [0.15, 0.2) is 41.6 Å². The van der Waals surface area contributed by atoms with Gasteiger partial charge in [-0.25, -0.2) is 4.98 Å². The lowest BCUT2D eigenvalue weighted by Crippen LogP contribution is -2.41. The maximum Gasteiger partial charge on any atom is 0.230 e. The molecule has 0 atom stereocenters. The van der Waals surface area contributed by atoms with E-state index in [0.717, 1.165) is 11.3 Å². The fraction of sp³-hybridized carbons (Fsp3) is 0.333. The van der Waals surface area contributed by atoms with Crippen LogP contribution in [0.5, 0.6) is 11.6 Å². The van der Waals surface area contributed by atoms with Gasteiger partial charge >= 0.3 is 0 Å². The summed E-state index contributed by atoms with van der Waals surface area (Å²) in [4.78, 5) is 6.46. The molecule has 6 heteroatoms. The summed E-state index contributed by atoms with van der Waals surface area (Å²) in [6.07, 6.45) is 0. The number of rotatable bonds is 3. The van der Waals surface area contributed by atoms with Crippen molar-refractivity contribution in [2.75, 3.05) is 26.3 Å². The minimum Gasteiger partial charge on any atom is -0.438 e. The van der Waals surface area contributed by atoms with E-state index >= 15 is 0 Å². The maximum atomic E-state index is 9.56. The van der Waals surface area contributed by atoms with E-state index in [4.69, 9.17) is 9.47 Å². The van der Waals surface area contributed by atoms with Crippen molar-refractivity contribution in [2.24, 2.45) is 5.16 Å². The molecular formula is C18H21N3O3. The lowest BCUT2D eigenvalue weighted by Gasteiger charge is -2.29. The van der Waals surface area contributed by atoms with Crippen LogP contribution in [0.2, 0.25) is 0 Å². The Morgan fingerprint density at radius 1 is 1.21 bits per heavy atom. The molecule has 1 N–H and O–H groups in total. The summed E-state index contributed by atoms with van der Waals surface area (Å²) in [5.74, 6) is 1.59. The minimum absolute atomic E-state index is 0.430. The van der Waals surface area contributed by atoms with Gasteiger partial charge in [0.25, 0.3) is 0 Å². The Balaban J connectivity index is 1.95. The number of aryl methyl sites for hydroxylation is 2. The molecule has 0 saturated carbocycles. The zero-order valence-electron chi connectivity index (χ0n) is 13.9. The van der Waals surface area contributed by atoms with Gasteiger partial charge in [-0.2, -0.15) is 0 Å². The topological polar surface area (TPSA) is 67.2 Å². The summed E-state index contributed by atoms with van der Waals surface area (Å²) in [5.41, 5.74) is 2.60. The van der Waals surface area contributed by atoms with Crippen molar-refractivity contribution < 1.29 is 14.7 Å². The van der Waals surface area contributed by atoms with Crippen LogP contribution >= 0.6 is 0 Å². The Morgan fingerprint density at radius 3 is 2.71 bits per heavy atom. The van der Waals surface area contributed by atoms with Gasteiger partial charge in [0.1, 0.15) is 5.75 Å². The van der Waals surface area contributed by atoms with E-state index in [1.54, 1.807) is 0 Å². The molecule has 0 aliphatic carbocycles. The van der Waals surface area contributed by atoms with Crippen LogP contribution < -0.4 is 4.74 Å². The Labute approximate surface area is 141 Å². The van der Waals surface area contributed by atoms with E-state index in [-0.39, 0.29) is 0 Å². The van der Waals surface area contributed by atoms with E-state index in [0.29, 0.717) is 49.3 Å². The third-order valence-corrected chi connectivity index (χ3v) is 3.85. The first kappa shape index (κ1) is 16.3. The van der Waals surface area contributed by atoms with Crippen LogP contribution in [0.4, 0.5) is 0 Å². The van der Waals surface area contributed by atoms with Gasteiger partial charge in [-0.1, -0.05) is 17.3 Å². The Morgan fingerprint density at radius 2 is 2.00 bits per heavy atom. The molecule has 126 valence electrons. The molecule has 0 unspecified atom stereocenters. The number of ether oxygens (including phenoxy) is 2. The molecule has 1 aromatic carbocycles. The minimum atomic E-state index is 0.430. The van der Waals surface area contributed by atoms with Crippen molar-refractivity contribution in [2.45, 2.75) is 13.8 Å². The summed E-state index contributed by atoms with van der Waals surface area (Å²) < 4.78 is 11.3.